The molecule has 0 radical (unpaired) electrons. The summed E-state index contributed by atoms with van der Waals surface area (Å²) in [4.78, 5) is 12.2. The minimum atomic E-state index is 0.113. The summed E-state index contributed by atoms with van der Waals surface area (Å²) in [7, 11) is 1.91. The number of hydrogen-bond donors (Lipinski definition) is 1. The average molecular weight is 298 g/mol. The topological polar surface area (TPSA) is 59.8 Å². The van der Waals surface area contributed by atoms with Gasteiger partial charge in [-0.1, -0.05) is 31.4 Å². The average Bonchev–Trinajstić information content (AvgIpc) is 2.94. The molecule has 2 aromatic rings. The first-order valence-corrected chi connectivity index (χ1v) is 7.96. The number of hydrogen-bond acceptors (Lipinski definition) is 3. The summed E-state index contributed by atoms with van der Waals surface area (Å²) >= 11 is 0. The maximum atomic E-state index is 12.2. The van der Waals surface area contributed by atoms with Gasteiger partial charge in [-0.3, -0.25) is 4.79 Å². The Balaban J connectivity index is 1.65. The van der Waals surface area contributed by atoms with Crippen LogP contribution in [0.5, 0.6) is 0 Å². The summed E-state index contributed by atoms with van der Waals surface area (Å²) in [6, 6.07) is 7.77. The van der Waals surface area contributed by atoms with Crippen LogP contribution in [0.2, 0.25) is 0 Å². The molecule has 5 nitrogen and oxygen atoms in total. The van der Waals surface area contributed by atoms with E-state index in [0.29, 0.717) is 12.3 Å². The van der Waals surface area contributed by atoms with E-state index in [4.69, 9.17) is 0 Å². The highest BCUT2D eigenvalue weighted by molar-refractivity contribution is 5.91. The first-order valence-electron chi connectivity index (χ1n) is 7.96. The second-order valence-electron chi connectivity index (χ2n) is 6.10. The maximum absolute atomic E-state index is 12.2. The second kappa shape index (κ2) is 6.73. The lowest BCUT2D eigenvalue weighted by atomic mass is 9.87. The molecule has 3 rings (SSSR count). The second-order valence-corrected chi connectivity index (χ2v) is 6.10. The number of nitrogens with one attached hydrogen (secondary N) is 1. The maximum Gasteiger partial charge on any atom is 0.224 e. The zero-order chi connectivity index (χ0) is 15.4. The molecule has 1 saturated carbocycles. The summed E-state index contributed by atoms with van der Waals surface area (Å²) in [5.41, 5.74) is 1.77. The Bertz CT molecular complexity index is 644. The lowest BCUT2D eigenvalue weighted by Crippen LogP contribution is -2.18. The third-order valence-corrected chi connectivity index (χ3v) is 4.31. The van der Waals surface area contributed by atoms with Crippen molar-refractivity contribution in [2.45, 2.75) is 38.5 Å². The summed E-state index contributed by atoms with van der Waals surface area (Å²) in [6.07, 6.45) is 8.52. The smallest absolute Gasteiger partial charge is 0.224 e. The monoisotopic (exact) mass is 298 g/mol. The lowest BCUT2D eigenvalue weighted by molar-refractivity contribution is -0.117. The number of rotatable bonds is 4. The lowest BCUT2D eigenvalue weighted by Gasteiger charge is -2.20. The number of amides is 1. The molecule has 0 atom stereocenters. The quantitative estimate of drug-likeness (QED) is 0.941. The van der Waals surface area contributed by atoms with Gasteiger partial charge in [0.15, 0.2) is 5.82 Å². The van der Waals surface area contributed by atoms with Gasteiger partial charge in [-0.05, 0) is 30.9 Å². The third-order valence-electron chi connectivity index (χ3n) is 4.31. The van der Waals surface area contributed by atoms with E-state index in [0.717, 1.165) is 17.1 Å². The normalized spacial score (nSPS) is 15.7. The predicted octanol–water partition coefficient (Wildman–Crippen LogP) is 3.39. The van der Waals surface area contributed by atoms with Crippen LogP contribution in [0.4, 0.5) is 5.69 Å². The minimum Gasteiger partial charge on any atom is -0.326 e. The highest BCUT2D eigenvalue weighted by atomic mass is 16.1. The minimum absolute atomic E-state index is 0.113. The van der Waals surface area contributed by atoms with Gasteiger partial charge in [0.25, 0.3) is 0 Å². The summed E-state index contributed by atoms with van der Waals surface area (Å²) < 4.78 is 1.86. The Morgan fingerprint density at radius 3 is 2.86 bits per heavy atom. The van der Waals surface area contributed by atoms with E-state index >= 15 is 0 Å². The Labute approximate surface area is 130 Å². The van der Waals surface area contributed by atoms with Gasteiger partial charge in [-0.15, -0.1) is 10.2 Å². The predicted molar refractivity (Wildman–Crippen MR) is 86.3 cm³/mol. The van der Waals surface area contributed by atoms with Gasteiger partial charge in [-0.2, -0.15) is 0 Å². The van der Waals surface area contributed by atoms with Gasteiger partial charge in [0.05, 0.1) is 0 Å². The molecule has 1 aliphatic rings. The first kappa shape index (κ1) is 14.8. The van der Waals surface area contributed by atoms with Crippen molar-refractivity contribution in [1.82, 2.24) is 14.8 Å². The number of carbonyl (C=O) groups is 1. The third kappa shape index (κ3) is 3.53. The van der Waals surface area contributed by atoms with Crippen molar-refractivity contribution in [3.63, 3.8) is 0 Å². The van der Waals surface area contributed by atoms with Crippen LogP contribution in [-0.2, 0) is 11.8 Å². The van der Waals surface area contributed by atoms with Crippen LogP contribution in [0.3, 0.4) is 0 Å². The summed E-state index contributed by atoms with van der Waals surface area (Å²) in [6.45, 7) is 0. The Hall–Kier alpha value is -2.17. The van der Waals surface area contributed by atoms with Crippen molar-refractivity contribution in [2.24, 2.45) is 13.0 Å². The highest BCUT2D eigenvalue weighted by Crippen LogP contribution is 2.27. The molecule has 5 heteroatoms. The number of anilines is 1. The van der Waals surface area contributed by atoms with Crippen molar-refractivity contribution in [2.75, 3.05) is 5.32 Å². The largest absolute Gasteiger partial charge is 0.326 e. The van der Waals surface area contributed by atoms with E-state index in [1.54, 1.807) is 6.33 Å². The van der Waals surface area contributed by atoms with E-state index in [2.05, 4.69) is 15.5 Å². The van der Waals surface area contributed by atoms with Gasteiger partial charge in [0, 0.05) is 24.7 Å². The van der Waals surface area contributed by atoms with E-state index in [9.17, 15) is 4.79 Å². The van der Waals surface area contributed by atoms with Gasteiger partial charge in [0.2, 0.25) is 5.91 Å². The van der Waals surface area contributed by atoms with E-state index in [-0.39, 0.29) is 5.91 Å². The van der Waals surface area contributed by atoms with Gasteiger partial charge in [-0.25, -0.2) is 0 Å². The molecule has 1 amide bonds. The van der Waals surface area contributed by atoms with Gasteiger partial charge >= 0.3 is 0 Å². The van der Waals surface area contributed by atoms with E-state index in [1.807, 2.05) is 35.9 Å². The van der Waals surface area contributed by atoms with Crippen LogP contribution in [0.1, 0.15) is 38.5 Å². The molecule has 0 unspecified atom stereocenters. The number of nitrogens with zero attached hydrogens (tertiary/aromatic N) is 3. The van der Waals surface area contributed by atoms with Crippen LogP contribution in [0.15, 0.2) is 30.6 Å². The SMILES string of the molecule is Cn1cnnc1-c1cccc(NC(=O)CC2CCCCC2)c1. The fourth-order valence-electron chi connectivity index (χ4n) is 3.15. The van der Waals surface area contributed by atoms with Crippen molar-refractivity contribution in [3.05, 3.63) is 30.6 Å². The van der Waals surface area contributed by atoms with Crippen LogP contribution in [0, 0.1) is 5.92 Å². The Kier molecular flexibility index (Phi) is 4.51. The number of aryl methyl sites for hydroxylation is 1. The Morgan fingerprint density at radius 1 is 1.32 bits per heavy atom. The molecule has 1 fully saturated rings. The fourth-order valence-corrected chi connectivity index (χ4v) is 3.15. The molecule has 1 aromatic heterocycles. The summed E-state index contributed by atoms with van der Waals surface area (Å²) in [5.74, 6) is 1.46. The van der Waals surface area contributed by atoms with Crippen molar-refractivity contribution in [3.8, 4) is 11.4 Å². The molecule has 1 aromatic carbocycles. The summed E-state index contributed by atoms with van der Waals surface area (Å²) in [5, 5.41) is 11.0. The van der Waals surface area contributed by atoms with Crippen molar-refractivity contribution >= 4 is 11.6 Å². The van der Waals surface area contributed by atoms with Gasteiger partial charge < -0.3 is 9.88 Å². The zero-order valence-electron chi connectivity index (χ0n) is 13.0. The molecular formula is C17H22N4O. The van der Waals surface area contributed by atoms with Crippen molar-refractivity contribution < 1.29 is 4.79 Å². The highest BCUT2D eigenvalue weighted by Gasteiger charge is 2.17. The number of carbonyl (C=O) groups excluding carboxylic acids is 1. The molecule has 0 aliphatic heterocycles. The number of aromatic nitrogens is 3. The molecule has 22 heavy (non-hydrogen) atoms. The van der Waals surface area contributed by atoms with E-state index < -0.39 is 0 Å². The molecule has 1 aliphatic carbocycles. The number of benzene rings is 1. The standard InChI is InChI=1S/C17H22N4O/c1-21-12-18-20-17(21)14-8-5-9-15(11-14)19-16(22)10-13-6-3-2-4-7-13/h5,8-9,11-13H,2-4,6-7,10H2,1H3,(H,19,22). The van der Waals surface area contributed by atoms with Crippen LogP contribution >= 0.6 is 0 Å². The molecule has 0 saturated heterocycles. The first-order chi connectivity index (χ1) is 10.7. The molecule has 1 heterocycles. The molecule has 0 bridgehead atoms. The van der Waals surface area contributed by atoms with Gasteiger partial charge in [0.1, 0.15) is 6.33 Å². The molecular weight excluding hydrogens is 276 g/mol. The molecule has 0 spiro atoms. The Morgan fingerprint density at radius 2 is 2.14 bits per heavy atom. The molecule has 1 N–H and O–H groups in total. The van der Waals surface area contributed by atoms with Crippen LogP contribution < -0.4 is 5.32 Å². The molecule has 116 valence electrons. The van der Waals surface area contributed by atoms with Crippen molar-refractivity contribution in [1.29, 1.82) is 0 Å². The van der Waals surface area contributed by atoms with Crippen LogP contribution in [-0.4, -0.2) is 20.7 Å². The van der Waals surface area contributed by atoms with Crippen LogP contribution in [0.25, 0.3) is 11.4 Å². The van der Waals surface area contributed by atoms with E-state index in [1.165, 1.54) is 32.1 Å². The fraction of sp³-hybridized carbons (Fsp3) is 0.471. The zero-order valence-corrected chi connectivity index (χ0v) is 13.0.